The van der Waals surface area contributed by atoms with Gasteiger partial charge in [-0.2, -0.15) is 0 Å². The summed E-state index contributed by atoms with van der Waals surface area (Å²) in [7, 11) is 0. The Morgan fingerprint density at radius 2 is 1.50 bits per heavy atom. The van der Waals surface area contributed by atoms with Crippen LogP contribution in [0.1, 0.15) is 61.3 Å². The zero-order valence-electron chi connectivity index (χ0n) is 11.1. The molecule has 3 atom stereocenters. The molecule has 84 valence electrons. The molecule has 0 aliphatic heterocycles. The van der Waals surface area contributed by atoms with Gasteiger partial charge in [-0.05, 0) is 41.4 Å². The molecule has 0 nitrogen and oxygen atoms in total. The van der Waals surface area contributed by atoms with Gasteiger partial charge in [-0.15, -0.1) is 0 Å². The lowest BCUT2D eigenvalue weighted by Crippen LogP contribution is -2.43. The van der Waals surface area contributed by atoms with Gasteiger partial charge in [0.15, 0.2) is 0 Å². The van der Waals surface area contributed by atoms with Crippen molar-refractivity contribution in [3.8, 4) is 0 Å². The minimum Gasteiger partial charge on any atom is -0.0620 e. The Morgan fingerprint density at radius 3 is 1.79 bits per heavy atom. The molecule has 1 aliphatic rings. The van der Waals surface area contributed by atoms with Crippen LogP contribution in [0, 0.1) is 28.6 Å². The highest BCUT2D eigenvalue weighted by molar-refractivity contribution is 4.93. The third-order valence-corrected chi connectivity index (χ3v) is 3.92. The molecule has 0 aromatic heterocycles. The summed E-state index contributed by atoms with van der Waals surface area (Å²) >= 11 is 0. The van der Waals surface area contributed by atoms with Crippen LogP contribution in [0.3, 0.4) is 0 Å². The van der Waals surface area contributed by atoms with Gasteiger partial charge in [0.1, 0.15) is 0 Å². The fourth-order valence-corrected chi connectivity index (χ4v) is 3.09. The summed E-state index contributed by atoms with van der Waals surface area (Å²) in [5, 5.41) is 0. The summed E-state index contributed by atoms with van der Waals surface area (Å²) < 4.78 is 0. The van der Waals surface area contributed by atoms with Crippen LogP contribution >= 0.6 is 0 Å². The van der Waals surface area contributed by atoms with Gasteiger partial charge >= 0.3 is 0 Å². The first-order valence-corrected chi connectivity index (χ1v) is 6.11. The van der Waals surface area contributed by atoms with Crippen molar-refractivity contribution in [2.24, 2.45) is 28.6 Å². The lowest BCUT2D eigenvalue weighted by molar-refractivity contribution is -0.0196. The first kappa shape index (κ1) is 12.1. The number of hydrogen-bond acceptors (Lipinski definition) is 0. The van der Waals surface area contributed by atoms with Gasteiger partial charge in [0, 0.05) is 0 Å². The average Bonchev–Trinajstić information content (AvgIpc) is 1.92. The molecule has 1 saturated carbocycles. The first-order chi connectivity index (χ1) is 6.11. The van der Waals surface area contributed by atoms with E-state index in [0.717, 1.165) is 17.8 Å². The van der Waals surface area contributed by atoms with Crippen LogP contribution in [0.15, 0.2) is 0 Å². The van der Waals surface area contributed by atoms with Crippen LogP contribution < -0.4 is 0 Å². The van der Waals surface area contributed by atoms with Gasteiger partial charge in [-0.1, -0.05) is 48.5 Å². The molecule has 0 spiro atoms. The number of rotatable bonds is 1. The molecule has 0 radical (unpaired) electrons. The third-order valence-electron chi connectivity index (χ3n) is 3.92. The molecule has 14 heavy (non-hydrogen) atoms. The topological polar surface area (TPSA) is 0 Å². The maximum absolute atomic E-state index is 2.45. The molecule has 0 saturated heterocycles. The Labute approximate surface area is 90.5 Å². The van der Waals surface area contributed by atoms with Gasteiger partial charge in [0.25, 0.3) is 0 Å². The Bertz CT molecular complexity index is 189. The second-order valence-corrected chi connectivity index (χ2v) is 7.59. The molecule has 0 amide bonds. The number of hydrogen-bond donors (Lipinski definition) is 0. The summed E-state index contributed by atoms with van der Waals surface area (Å²) in [4.78, 5) is 0. The third kappa shape index (κ3) is 2.74. The van der Waals surface area contributed by atoms with Gasteiger partial charge < -0.3 is 0 Å². The molecule has 0 heterocycles. The highest BCUT2D eigenvalue weighted by atomic mass is 14.5. The van der Waals surface area contributed by atoms with E-state index in [1.165, 1.54) is 12.8 Å². The van der Waals surface area contributed by atoms with Gasteiger partial charge in [-0.3, -0.25) is 0 Å². The smallest absolute Gasteiger partial charge is 0.0334 e. The van der Waals surface area contributed by atoms with E-state index in [0.29, 0.717) is 10.8 Å². The molecule has 3 unspecified atom stereocenters. The van der Waals surface area contributed by atoms with Crippen molar-refractivity contribution in [1.82, 2.24) is 0 Å². The molecule has 1 aliphatic carbocycles. The Kier molecular flexibility index (Phi) is 3.05. The normalized spacial score (nSPS) is 34.1. The average molecular weight is 196 g/mol. The Hall–Kier alpha value is 0. The molecule has 0 bridgehead atoms. The molecular formula is C14H28. The maximum Gasteiger partial charge on any atom is -0.0334 e. The highest BCUT2D eigenvalue weighted by Gasteiger charge is 2.44. The summed E-state index contributed by atoms with van der Waals surface area (Å²) in [6.07, 6.45) is 2.86. The fourth-order valence-electron chi connectivity index (χ4n) is 3.09. The predicted octanol–water partition coefficient (Wildman–Crippen LogP) is 4.74. The summed E-state index contributed by atoms with van der Waals surface area (Å²) in [6.45, 7) is 16.7. The Morgan fingerprint density at radius 1 is 1.00 bits per heavy atom. The molecular weight excluding hydrogens is 168 g/mol. The summed E-state index contributed by atoms with van der Waals surface area (Å²) in [5.41, 5.74) is 1.04. The van der Waals surface area contributed by atoms with E-state index in [9.17, 15) is 0 Å². The van der Waals surface area contributed by atoms with Crippen molar-refractivity contribution in [3.63, 3.8) is 0 Å². The Balaban J connectivity index is 2.45. The van der Waals surface area contributed by atoms with Crippen LogP contribution in [0.4, 0.5) is 0 Å². The van der Waals surface area contributed by atoms with Crippen molar-refractivity contribution < 1.29 is 0 Å². The van der Waals surface area contributed by atoms with Crippen molar-refractivity contribution in [2.45, 2.75) is 61.3 Å². The molecule has 1 rings (SSSR count). The van der Waals surface area contributed by atoms with E-state index in [4.69, 9.17) is 0 Å². The lowest BCUT2D eigenvalue weighted by Gasteiger charge is -2.51. The first-order valence-electron chi connectivity index (χ1n) is 6.11. The van der Waals surface area contributed by atoms with Crippen molar-refractivity contribution in [2.75, 3.05) is 0 Å². The van der Waals surface area contributed by atoms with Crippen LogP contribution in [0.25, 0.3) is 0 Å². The quantitative estimate of drug-likeness (QED) is 0.568. The van der Waals surface area contributed by atoms with Crippen molar-refractivity contribution in [3.05, 3.63) is 0 Å². The van der Waals surface area contributed by atoms with Crippen molar-refractivity contribution >= 4 is 0 Å². The van der Waals surface area contributed by atoms with Crippen LogP contribution in [-0.2, 0) is 0 Å². The van der Waals surface area contributed by atoms with E-state index < -0.39 is 0 Å². The maximum atomic E-state index is 2.45. The van der Waals surface area contributed by atoms with Gasteiger partial charge in [-0.25, -0.2) is 0 Å². The molecule has 0 N–H and O–H groups in total. The summed E-state index contributed by atoms with van der Waals surface area (Å²) in [6, 6.07) is 0. The van der Waals surface area contributed by atoms with E-state index in [1.807, 2.05) is 0 Å². The lowest BCUT2D eigenvalue weighted by atomic mass is 9.54. The van der Waals surface area contributed by atoms with Crippen LogP contribution in [0.5, 0.6) is 0 Å². The van der Waals surface area contributed by atoms with E-state index >= 15 is 0 Å². The van der Waals surface area contributed by atoms with E-state index in [-0.39, 0.29) is 0 Å². The molecule has 1 fully saturated rings. The molecule has 0 heteroatoms. The van der Waals surface area contributed by atoms with Gasteiger partial charge in [0.05, 0.1) is 0 Å². The molecule has 0 aromatic rings. The summed E-state index contributed by atoms with van der Waals surface area (Å²) in [5.74, 6) is 2.88. The zero-order chi connectivity index (χ0) is 11.1. The standard InChI is InChI=1S/C14H28/c1-10-11(9-13(2,3)4)8-12(10)14(5,6)7/h10-12H,8-9H2,1-7H3. The minimum absolute atomic E-state index is 0.516. The largest absolute Gasteiger partial charge is 0.0620 e. The fraction of sp³-hybridized carbons (Fsp3) is 1.00. The highest BCUT2D eigenvalue weighted by Crippen LogP contribution is 2.52. The monoisotopic (exact) mass is 196 g/mol. The van der Waals surface area contributed by atoms with Crippen LogP contribution in [0.2, 0.25) is 0 Å². The van der Waals surface area contributed by atoms with Crippen LogP contribution in [-0.4, -0.2) is 0 Å². The zero-order valence-corrected chi connectivity index (χ0v) is 11.1. The van der Waals surface area contributed by atoms with Gasteiger partial charge in [0.2, 0.25) is 0 Å². The van der Waals surface area contributed by atoms with Crippen molar-refractivity contribution in [1.29, 1.82) is 0 Å². The second kappa shape index (κ2) is 3.54. The minimum atomic E-state index is 0.516. The van der Waals surface area contributed by atoms with E-state index in [2.05, 4.69) is 48.5 Å². The predicted molar refractivity (Wildman–Crippen MR) is 64.3 cm³/mol. The SMILES string of the molecule is CC1C(CC(C)(C)C)CC1C(C)(C)C. The van der Waals surface area contributed by atoms with E-state index in [1.54, 1.807) is 0 Å². The molecule has 0 aromatic carbocycles. The second-order valence-electron chi connectivity index (χ2n) is 7.59.